The number of carbonyl (C=O) groups is 1. The first-order valence-corrected chi connectivity index (χ1v) is 9.60. The van der Waals surface area contributed by atoms with Crippen LogP contribution in [0.5, 0.6) is 0 Å². The van der Waals surface area contributed by atoms with Gasteiger partial charge in [-0.25, -0.2) is 4.79 Å². The first kappa shape index (κ1) is 16.9. The Bertz CT molecular complexity index is 598. The van der Waals surface area contributed by atoms with Crippen molar-refractivity contribution in [2.45, 2.75) is 50.8 Å². The summed E-state index contributed by atoms with van der Waals surface area (Å²) in [5.41, 5.74) is 0. The molecule has 2 saturated heterocycles. The van der Waals surface area contributed by atoms with Crippen LogP contribution in [0.4, 0.5) is 4.79 Å². The van der Waals surface area contributed by atoms with Crippen LogP contribution in [0.1, 0.15) is 49.7 Å². The second kappa shape index (κ2) is 7.38. The van der Waals surface area contributed by atoms with E-state index < -0.39 is 0 Å². The molecule has 6 heteroatoms. The third kappa shape index (κ3) is 3.85. The summed E-state index contributed by atoms with van der Waals surface area (Å²) in [7, 11) is 1.66. The highest BCUT2D eigenvalue weighted by Crippen LogP contribution is 2.34. The van der Waals surface area contributed by atoms with Crippen molar-refractivity contribution in [3.05, 3.63) is 23.7 Å². The molecule has 1 aromatic heterocycles. The lowest BCUT2D eigenvalue weighted by atomic mass is 10.1. The molecule has 0 bridgehead atoms. The van der Waals surface area contributed by atoms with Crippen LogP contribution in [0.25, 0.3) is 0 Å². The molecule has 3 fully saturated rings. The minimum atomic E-state index is 0.0528. The first-order chi connectivity index (χ1) is 12.2. The Labute approximate surface area is 149 Å². The third-order valence-electron chi connectivity index (χ3n) is 5.73. The van der Waals surface area contributed by atoms with Crippen molar-refractivity contribution in [1.82, 2.24) is 15.1 Å². The Kier molecular flexibility index (Phi) is 4.99. The molecule has 1 N–H and O–H groups in total. The van der Waals surface area contributed by atoms with Crippen LogP contribution < -0.4 is 5.32 Å². The predicted octanol–water partition coefficient (Wildman–Crippen LogP) is 2.76. The van der Waals surface area contributed by atoms with Crippen LogP contribution in [0.3, 0.4) is 0 Å². The van der Waals surface area contributed by atoms with Crippen LogP contribution >= 0.6 is 0 Å². The number of furan rings is 1. The molecule has 0 radical (unpaired) electrons. The fourth-order valence-electron chi connectivity index (χ4n) is 4.23. The molecule has 1 saturated carbocycles. The highest BCUT2D eigenvalue weighted by Gasteiger charge is 2.35. The molecule has 3 heterocycles. The Morgan fingerprint density at radius 3 is 2.96 bits per heavy atom. The summed E-state index contributed by atoms with van der Waals surface area (Å²) in [6, 6.07) is 4.87. The summed E-state index contributed by atoms with van der Waals surface area (Å²) < 4.78 is 11.0. The quantitative estimate of drug-likeness (QED) is 0.860. The second-order valence-electron chi connectivity index (χ2n) is 7.66. The van der Waals surface area contributed by atoms with E-state index in [9.17, 15) is 4.79 Å². The summed E-state index contributed by atoms with van der Waals surface area (Å²) in [6.07, 6.45) is 5.92. The number of methoxy groups -OCH3 is 1. The van der Waals surface area contributed by atoms with Gasteiger partial charge in [0.1, 0.15) is 18.1 Å². The average Bonchev–Trinajstić information content (AvgIpc) is 3.05. The monoisotopic (exact) mass is 347 g/mol. The van der Waals surface area contributed by atoms with Crippen LogP contribution in [-0.4, -0.2) is 55.2 Å². The second-order valence-corrected chi connectivity index (χ2v) is 7.66. The minimum Gasteiger partial charge on any atom is -0.461 e. The number of likely N-dealkylation sites (tertiary alicyclic amines) is 2. The molecule has 2 amide bonds. The Balaban J connectivity index is 1.29. The summed E-state index contributed by atoms with van der Waals surface area (Å²) >= 11 is 0. The van der Waals surface area contributed by atoms with Crippen LogP contribution in [0.2, 0.25) is 0 Å². The van der Waals surface area contributed by atoms with Gasteiger partial charge in [0.25, 0.3) is 0 Å². The van der Waals surface area contributed by atoms with Gasteiger partial charge in [0.15, 0.2) is 0 Å². The van der Waals surface area contributed by atoms with E-state index in [2.05, 4.69) is 10.2 Å². The van der Waals surface area contributed by atoms with Gasteiger partial charge in [-0.15, -0.1) is 0 Å². The van der Waals surface area contributed by atoms with E-state index in [-0.39, 0.29) is 12.1 Å². The van der Waals surface area contributed by atoms with E-state index in [0.29, 0.717) is 12.5 Å². The number of ether oxygens (including phenoxy) is 1. The van der Waals surface area contributed by atoms with E-state index >= 15 is 0 Å². The number of carbonyl (C=O) groups excluding carboxylic acids is 1. The normalized spacial score (nSPS) is 27.2. The fraction of sp³-hybridized carbons (Fsp3) is 0.737. The van der Waals surface area contributed by atoms with Crippen molar-refractivity contribution in [3.63, 3.8) is 0 Å². The van der Waals surface area contributed by atoms with Gasteiger partial charge in [-0.05, 0) is 56.7 Å². The highest BCUT2D eigenvalue weighted by atomic mass is 16.5. The van der Waals surface area contributed by atoms with Gasteiger partial charge < -0.3 is 24.3 Å². The molecule has 0 unspecified atom stereocenters. The van der Waals surface area contributed by atoms with Gasteiger partial charge in [-0.2, -0.15) is 0 Å². The summed E-state index contributed by atoms with van der Waals surface area (Å²) in [5, 5.41) is 3.17. The molecule has 25 heavy (non-hydrogen) atoms. The van der Waals surface area contributed by atoms with Crippen molar-refractivity contribution in [3.8, 4) is 0 Å². The SMILES string of the molecule is COCc1ccc([C@@H]2CCCN2C(=O)NC[C@@H]2CCN(C3CC3)C2)o1. The molecule has 1 aliphatic carbocycles. The van der Waals surface area contributed by atoms with E-state index in [0.717, 1.165) is 50.0 Å². The molecule has 4 rings (SSSR count). The molecular formula is C19H29N3O3. The Morgan fingerprint density at radius 1 is 1.28 bits per heavy atom. The maximum atomic E-state index is 12.7. The van der Waals surface area contributed by atoms with Crippen LogP contribution in [0, 0.1) is 5.92 Å². The van der Waals surface area contributed by atoms with Gasteiger partial charge in [0, 0.05) is 32.8 Å². The summed E-state index contributed by atoms with van der Waals surface area (Å²) in [6.45, 7) is 4.41. The third-order valence-corrected chi connectivity index (χ3v) is 5.73. The van der Waals surface area contributed by atoms with Crippen molar-refractivity contribution in [2.75, 3.05) is 33.3 Å². The number of rotatable bonds is 6. The van der Waals surface area contributed by atoms with Gasteiger partial charge in [0.2, 0.25) is 0 Å². The smallest absolute Gasteiger partial charge is 0.318 e. The van der Waals surface area contributed by atoms with Crippen molar-refractivity contribution in [1.29, 1.82) is 0 Å². The van der Waals surface area contributed by atoms with E-state index in [1.807, 2.05) is 17.0 Å². The average molecular weight is 347 g/mol. The molecule has 138 valence electrons. The number of amides is 2. The van der Waals surface area contributed by atoms with Crippen LogP contribution in [-0.2, 0) is 11.3 Å². The molecular weight excluding hydrogens is 318 g/mol. The summed E-state index contributed by atoms with van der Waals surface area (Å²) in [4.78, 5) is 17.2. The molecule has 0 aromatic carbocycles. The van der Waals surface area contributed by atoms with Crippen LogP contribution in [0.15, 0.2) is 16.5 Å². The number of nitrogens with one attached hydrogen (secondary N) is 1. The molecule has 2 atom stereocenters. The Hall–Kier alpha value is -1.53. The van der Waals surface area contributed by atoms with Crippen molar-refractivity contribution in [2.24, 2.45) is 5.92 Å². The first-order valence-electron chi connectivity index (χ1n) is 9.60. The van der Waals surface area contributed by atoms with Crippen molar-refractivity contribution >= 4 is 6.03 Å². The van der Waals surface area contributed by atoms with E-state index in [4.69, 9.17) is 9.15 Å². The van der Waals surface area contributed by atoms with E-state index in [1.165, 1.54) is 25.8 Å². The Morgan fingerprint density at radius 2 is 2.16 bits per heavy atom. The molecule has 3 aliphatic rings. The van der Waals surface area contributed by atoms with Crippen molar-refractivity contribution < 1.29 is 13.9 Å². The van der Waals surface area contributed by atoms with Gasteiger partial charge in [-0.3, -0.25) is 0 Å². The van der Waals surface area contributed by atoms with Gasteiger partial charge >= 0.3 is 6.03 Å². The fourth-order valence-corrected chi connectivity index (χ4v) is 4.23. The largest absolute Gasteiger partial charge is 0.461 e. The topological polar surface area (TPSA) is 58.0 Å². The lowest BCUT2D eigenvalue weighted by Crippen LogP contribution is -2.41. The highest BCUT2D eigenvalue weighted by molar-refractivity contribution is 5.75. The lowest BCUT2D eigenvalue weighted by molar-refractivity contribution is 0.156. The lowest BCUT2D eigenvalue weighted by Gasteiger charge is -2.24. The van der Waals surface area contributed by atoms with Gasteiger partial charge in [-0.1, -0.05) is 0 Å². The zero-order chi connectivity index (χ0) is 17.2. The molecule has 2 aliphatic heterocycles. The number of urea groups is 1. The van der Waals surface area contributed by atoms with Gasteiger partial charge in [0.05, 0.1) is 6.04 Å². The minimum absolute atomic E-state index is 0.0528. The zero-order valence-electron chi connectivity index (χ0n) is 15.1. The molecule has 0 spiro atoms. The standard InChI is InChI=1S/C19H29N3O3/c1-24-13-16-6-7-18(25-16)17-3-2-9-22(17)19(23)20-11-14-8-10-21(12-14)15-4-5-15/h6-7,14-15,17H,2-5,8-13H2,1H3,(H,20,23)/t14-,17-/m0/s1. The maximum Gasteiger partial charge on any atom is 0.318 e. The molecule has 6 nitrogen and oxygen atoms in total. The predicted molar refractivity (Wildman–Crippen MR) is 94.2 cm³/mol. The number of hydrogen-bond donors (Lipinski definition) is 1. The molecule has 1 aromatic rings. The maximum absolute atomic E-state index is 12.7. The number of nitrogens with zero attached hydrogens (tertiary/aromatic N) is 2. The van der Waals surface area contributed by atoms with E-state index in [1.54, 1.807) is 7.11 Å². The number of hydrogen-bond acceptors (Lipinski definition) is 4. The zero-order valence-corrected chi connectivity index (χ0v) is 15.1. The summed E-state index contributed by atoms with van der Waals surface area (Å²) in [5.74, 6) is 2.29.